The van der Waals surface area contributed by atoms with Crippen molar-refractivity contribution in [3.8, 4) is 5.88 Å². The summed E-state index contributed by atoms with van der Waals surface area (Å²) in [5, 5.41) is 0. The molecule has 94 valence electrons. The molecule has 1 aliphatic rings. The molecule has 2 atom stereocenters. The average Bonchev–Trinajstić information content (AvgIpc) is 2.63. The van der Waals surface area contributed by atoms with E-state index in [-0.39, 0.29) is 0 Å². The third kappa shape index (κ3) is 2.75. The molecule has 1 fully saturated rings. The Balaban J connectivity index is 2.28. The van der Waals surface area contributed by atoms with E-state index < -0.39 is 0 Å². The van der Waals surface area contributed by atoms with Crippen molar-refractivity contribution in [2.75, 3.05) is 13.7 Å². The smallest absolute Gasteiger partial charge is 0.235 e. The summed E-state index contributed by atoms with van der Waals surface area (Å²) in [6.07, 6.45) is 9.60. The standard InChI is InChI=1S/C13H21N3O/c1-17-13-12(15-7-8-16-13)11-6-4-2-3-5-10(11)9-14/h7-8,10-11H,2-6,9,14H2,1H3. The molecule has 0 saturated heterocycles. The molecule has 1 aromatic heterocycles. The van der Waals surface area contributed by atoms with Crippen LogP contribution in [0.1, 0.15) is 43.7 Å². The van der Waals surface area contributed by atoms with Gasteiger partial charge in [-0.2, -0.15) is 0 Å². The zero-order valence-electron chi connectivity index (χ0n) is 10.4. The van der Waals surface area contributed by atoms with Crippen LogP contribution >= 0.6 is 0 Å². The lowest BCUT2D eigenvalue weighted by Gasteiger charge is -2.23. The third-order valence-electron chi connectivity index (χ3n) is 3.70. The van der Waals surface area contributed by atoms with Crippen molar-refractivity contribution >= 4 is 0 Å². The summed E-state index contributed by atoms with van der Waals surface area (Å²) in [5.41, 5.74) is 6.90. The van der Waals surface area contributed by atoms with Crippen LogP contribution < -0.4 is 10.5 Å². The van der Waals surface area contributed by atoms with Gasteiger partial charge < -0.3 is 10.5 Å². The van der Waals surface area contributed by atoms with Crippen molar-refractivity contribution in [1.82, 2.24) is 9.97 Å². The molecule has 4 nitrogen and oxygen atoms in total. The molecule has 2 unspecified atom stereocenters. The Kier molecular flexibility index (Phi) is 4.31. The van der Waals surface area contributed by atoms with Crippen LogP contribution in [0.25, 0.3) is 0 Å². The van der Waals surface area contributed by atoms with E-state index in [1.54, 1.807) is 19.5 Å². The minimum atomic E-state index is 0.408. The van der Waals surface area contributed by atoms with Gasteiger partial charge >= 0.3 is 0 Å². The molecule has 1 aliphatic carbocycles. The average molecular weight is 235 g/mol. The fraction of sp³-hybridized carbons (Fsp3) is 0.692. The Morgan fingerprint density at radius 3 is 2.76 bits per heavy atom. The Morgan fingerprint density at radius 1 is 1.24 bits per heavy atom. The highest BCUT2D eigenvalue weighted by atomic mass is 16.5. The first-order valence-corrected chi connectivity index (χ1v) is 6.41. The summed E-state index contributed by atoms with van der Waals surface area (Å²) in [6.45, 7) is 0.727. The third-order valence-corrected chi connectivity index (χ3v) is 3.70. The second-order valence-electron chi connectivity index (χ2n) is 4.69. The van der Waals surface area contributed by atoms with Gasteiger partial charge in [0.25, 0.3) is 0 Å². The van der Waals surface area contributed by atoms with Gasteiger partial charge in [0, 0.05) is 18.3 Å². The molecule has 2 rings (SSSR count). The molecule has 1 saturated carbocycles. The number of aromatic nitrogens is 2. The molecule has 0 aliphatic heterocycles. The largest absolute Gasteiger partial charge is 0.480 e. The highest BCUT2D eigenvalue weighted by Crippen LogP contribution is 2.37. The highest BCUT2D eigenvalue weighted by molar-refractivity contribution is 5.22. The van der Waals surface area contributed by atoms with Crippen LogP contribution in [0.15, 0.2) is 12.4 Å². The highest BCUT2D eigenvalue weighted by Gasteiger charge is 2.28. The van der Waals surface area contributed by atoms with Gasteiger partial charge in [-0.25, -0.2) is 4.98 Å². The summed E-state index contributed by atoms with van der Waals surface area (Å²) in [7, 11) is 1.65. The molecule has 1 heterocycles. The van der Waals surface area contributed by atoms with Gasteiger partial charge in [-0.05, 0) is 25.3 Å². The number of hydrogen-bond donors (Lipinski definition) is 1. The van der Waals surface area contributed by atoms with Crippen LogP contribution in [-0.4, -0.2) is 23.6 Å². The first-order chi connectivity index (χ1) is 8.36. The van der Waals surface area contributed by atoms with Gasteiger partial charge in [0.1, 0.15) is 5.69 Å². The van der Waals surface area contributed by atoms with E-state index in [0.717, 1.165) is 18.7 Å². The van der Waals surface area contributed by atoms with Crippen molar-refractivity contribution in [2.45, 2.75) is 38.0 Å². The zero-order chi connectivity index (χ0) is 12.1. The summed E-state index contributed by atoms with van der Waals surface area (Å²) in [5.74, 6) is 1.59. The predicted octanol–water partition coefficient (Wildman–Crippen LogP) is 2.11. The van der Waals surface area contributed by atoms with E-state index in [2.05, 4.69) is 9.97 Å². The fourth-order valence-electron chi connectivity index (χ4n) is 2.77. The van der Waals surface area contributed by atoms with E-state index in [1.807, 2.05) is 0 Å². The maximum atomic E-state index is 5.90. The van der Waals surface area contributed by atoms with Crippen LogP contribution in [0.3, 0.4) is 0 Å². The number of ether oxygens (including phenoxy) is 1. The van der Waals surface area contributed by atoms with Gasteiger partial charge in [-0.3, -0.25) is 4.98 Å². The molecule has 0 radical (unpaired) electrons. The second kappa shape index (κ2) is 5.96. The van der Waals surface area contributed by atoms with Crippen LogP contribution in [0.5, 0.6) is 5.88 Å². The number of methoxy groups -OCH3 is 1. The van der Waals surface area contributed by atoms with Crippen LogP contribution in [-0.2, 0) is 0 Å². The van der Waals surface area contributed by atoms with Crippen LogP contribution in [0.2, 0.25) is 0 Å². The fourth-order valence-corrected chi connectivity index (χ4v) is 2.77. The predicted molar refractivity (Wildman–Crippen MR) is 67.0 cm³/mol. The quantitative estimate of drug-likeness (QED) is 0.815. The molecule has 0 amide bonds. The minimum Gasteiger partial charge on any atom is -0.480 e. The van der Waals surface area contributed by atoms with Gasteiger partial charge in [0.05, 0.1) is 7.11 Å². The molecule has 17 heavy (non-hydrogen) atoms. The van der Waals surface area contributed by atoms with E-state index in [9.17, 15) is 0 Å². The minimum absolute atomic E-state index is 0.408. The Morgan fingerprint density at radius 2 is 2.00 bits per heavy atom. The topological polar surface area (TPSA) is 61.0 Å². The Labute approximate surface area is 103 Å². The summed E-state index contributed by atoms with van der Waals surface area (Å²) >= 11 is 0. The first kappa shape index (κ1) is 12.3. The molecule has 4 heteroatoms. The molecule has 0 bridgehead atoms. The lowest BCUT2D eigenvalue weighted by molar-refractivity contribution is 0.353. The number of nitrogens with two attached hydrogens (primary N) is 1. The monoisotopic (exact) mass is 235 g/mol. The van der Waals surface area contributed by atoms with Gasteiger partial charge in [0.2, 0.25) is 5.88 Å². The Hall–Kier alpha value is -1.16. The van der Waals surface area contributed by atoms with E-state index in [0.29, 0.717) is 17.7 Å². The number of nitrogens with zero attached hydrogens (tertiary/aromatic N) is 2. The maximum absolute atomic E-state index is 5.90. The summed E-state index contributed by atoms with van der Waals surface area (Å²) in [6, 6.07) is 0. The van der Waals surface area contributed by atoms with E-state index in [1.165, 1.54) is 25.7 Å². The van der Waals surface area contributed by atoms with Crippen LogP contribution in [0.4, 0.5) is 0 Å². The molecule has 0 aromatic carbocycles. The second-order valence-corrected chi connectivity index (χ2v) is 4.69. The van der Waals surface area contributed by atoms with Crippen molar-refractivity contribution < 1.29 is 4.74 Å². The Bertz CT molecular complexity index is 356. The van der Waals surface area contributed by atoms with Gasteiger partial charge in [-0.1, -0.05) is 19.3 Å². The number of rotatable bonds is 3. The number of hydrogen-bond acceptors (Lipinski definition) is 4. The van der Waals surface area contributed by atoms with Crippen molar-refractivity contribution in [3.05, 3.63) is 18.1 Å². The molecule has 2 N–H and O–H groups in total. The van der Waals surface area contributed by atoms with Crippen molar-refractivity contribution in [3.63, 3.8) is 0 Å². The van der Waals surface area contributed by atoms with Crippen LogP contribution in [0, 0.1) is 5.92 Å². The maximum Gasteiger partial charge on any atom is 0.235 e. The summed E-state index contributed by atoms with van der Waals surface area (Å²) < 4.78 is 5.32. The van der Waals surface area contributed by atoms with Crippen molar-refractivity contribution in [2.24, 2.45) is 11.7 Å². The normalized spacial score (nSPS) is 25.3. The zero-order valence-corrected chi connectivity index (χ0v) is 10.4. The molecule has 1 aromatic rings. The van der Waals surface area contributed by atoms with E-state index >= 15 is 0 Å². The summed E-state index contributed by atoms with van der Waals surface area (Å²) in [4.78, 5) is 8.72. The SMILES string of the molecule is COc1nccnc1C1CCCCCC1CN. The lowest BCUT2D eigenvalue weighted by Crippen LogP contribution is -2.22. The molecular weight excluding hydrogens is 214 g/mol. The first-order valence-electron chi connectivity index (χ1n) is 6.41. The molecular formula is C13H21N3O. The van der Waals surface area contributed by atoms with Gasteiger partial charge in [0.15, 0.2) is 0 Å². The van der Waals surface area contributed by atoms with E-state index in [4.69, 9.17) is 10.5 Å². The molecule has 0 spiro atoms. The van der Waals surface area contributed by atoms with Crippen molar-refractivity contribution in [1.29, 1.82) is 0 Å². The van der Waals surface area contributed by atoms with Gasteiger partial charge in [-0.15, -0.1) is 0 Å². The lowest BCUT2D eigenvalue weighted by atomic mass is 9.85.